The first-order valence-electron chi connectivity index (χ1n) is 5.11. The smallest absolute Gasteiger partial charge is 0.335 e. The van der Waals surface area contributed by atoms with Crippen LogP contribution in [-0.4, -0.2) is 36.9 Å². The standard InChI is InChI=1S/C11H8FN3O4S/c12-9-2-1-8(11(16)17)7-10(9)20(18,19)15(5-3-13)6-4-14/h1-2,7H,5-6H2,(H,16,17). The number of aromatic carboxylic acids is 1. The molecule has 104 valence electrons. The van der Waals surface area contributed by atoms with Crippen molar-refractivity contribution >= 4 is 16.0 Å². The second kappa shape index (κ2) is 6.10. The van der Waals surface area contributed by atoms with Gasteiger partial charge in [0.15, 0.2) is 0 Å². The molecule has 0 spiro atoms. The maximum Gasteiger partial charge on any atom is 0.335 e. The van der Waals surface area contributed by atoms with E-state index in [-0.39, 0.29) is 0 Å². The molecular weight excluding hydrogens is 289 g/mol. The lowest BCUT2D eigenvalue weighted by Crippen LogP contribution is -2.32. The summed E-state index contributed by atoms with van der Waals surface area (Å²) in [7, 11) is -4.46. The van der Waals surface area contributed by atoms with Crippen molar-refractivity contribution in [2.75, 3.05) is 13.1 Å². The first-order chi connectivity index (χ1) is 9.34. The molecule has 0 aliphatic heterocycles. The van der Waals surface area contributed by atoms with Crippen molar-refractivity contribution in [2.45, 2.75) is 4.90 Å². The zero-order valence-electron chi connectivity index (χ0n) is 9.95. The van der Waals surface area contributed by atoms with Crippen LogP contribution in [0.1, 0.15) is 10.4 Å². The van der Waals surface area contributed by atoms with Crippen LogP contribution in [0.3, 0.4) is 0 Å². The zero-order valence-corrected chi connectivity index (χ0v) is 10.8. The fraction of sp³-hybridized carbons (Fsp3) is 0.182. The van der Waals surface area contributed by atoms with Crippen LogP contribution in [0.2, 0.25) is 0 Å². The van der Waals surface area contributed by atoms with Crippen molar-refractivity contribution in [2.24, 2.45) is 0 Å². The second-order valence-electron chi connectivity index (χ2n) is 3.54. The average Bonchev–Trinajstić information content (AvgIpc) is 2.38. The lowest BCUT2D eigenvalue weighted by atomic mass is 10.2. The summed E-state index contributed by atoms with van der Waals surface area (Å²) in [4.78, 5) is 9.89. The van der Waals surface area contributed by atoms with E-state index in [1.165, 1.54) is 0 Å². The van der Waals surface area contributed by atoms with Crippen LogP contribution >= 0.6 is 0 Å². The van der Waals surface area contributed by atoms with Gasteiger partial charge in [0.1, 0.15) is 23.8 Å². The van der Waals surface area contributed by atoms with Gasteiger partial charge in [-0.1, -0.05) is 0 Å². The molecule has 0 amide bonds. The molecule has 0 fully saturated rings. The lowest BCUT2D eigenvalue weighted by Gasteiger charge is -2.16. The van der Waals surface area contributed by atoms with Gasteiger partial charge in [-0.15, -0.1) is 0 Å². The minimum Gasteiger partial charge on any atom is -0.478 e. The molecule has 7 nitrogen and oxygen atoms in total. The van der Waals surface area contributed by atoms with E-state index in [2.05, 4.69) is 0 Å². The molecule has 20 heavy (non-hydrogen) atoms. The molecule has 0 heterocycles. The Bertz CT molecular complexity index is 702. The summed E-state index contributed by atoms with van der Waals surface area (Å²) in [6, 6.07) is 5.35. The number of sulfonamides is 1. The molecule has 0 aromatic heterocycles. The van der Waals surface area contributed by atoms with Gasteiger partial charge >= 0.3 is 5.97 Å². The number of carboxylic acids is 1. The van der Waals surface area contributed by atoms with Gasteiger partial charge in [0.25, 0.3) is 0 Å². The molecule has 0 radical (unpaired) electrons. The summed E-state index contributed by atoms with van der Waals surface area (Å²) >= 11 is 0. The van der Waals surface area contributed by atoms with Gasteiger partial charge in [0.2, 0.25) is 10.0 Å². The number of hydrogen-bond acceptors (Lipinski definition) is 5. The molecule has 1 aromatic rings. The third kappa shape index (κ3) is 3.09. The summed E-state index contributed by atoms with van der Waals surface area (Å²) in [6.07, 6.45) is 0. The number of nitrogens with zero attached hydrogens (tertiary/aromatic N) is 3. The minimum absolute atomic E-state index is 0.418. The lowest BCUT2D eigenvalue weighted by molar-refractivity contribution is 0.0696. The van der Waals surface area contributed by atoms with E-state index in [9.17, 15) is 17.6 Å². The van der Waals surface area contributed by atoms with Gasteiger partial charge in [0.05, 0.1) is 17.7 Å². The van der Waals surface area contributed by atoms with Crippen molar-refractivity contribution in [1.29, 1.82) is 10.5 Å². The van der Waals surface area contributed by atoms with Crippen LogP contribution in [0.4, 0.5) is 4.39 Å². The van der Waals surface area contributed by atoms with E-state index in [1.807, 2.05) is 0 Å². The molecule has 0 aliphatic rings. The van der Waals surface area contributed by atoms with E-state index < -0.39 is 45.4 Å². The molecule has 0 saturated heterocycles. The summed E-state index contributed by atoms with van der Waals surface area (Å²) < 4.78 is 38.3. The molecule has 1 aromatic carbocycles. The molecule has 0 saturated carbocycles. The Morgan fingerprint density at radius 3 is 2.30 bits per heavy atom. The highest BCUT2D eigenvalue weighted by Gasteiger charge is 2.28. The van der Waals surface area contributed by atoms with Crippen LogP contribution in [-0.2, 0) is 10.0 Å². The van der Waals surface area contributed by atoms with Crippen LogP contribution in [0.15, 0.2) is 23.1 Å². The number of carbonyl (C=O) groups is 1. The molecular formula is C11H8FN3O4S. The van der Waals surface area contributed by atoms with Crippen molar-refractivity contribution in [3.63, 3.8) is 0 Å². The van der Waals surface area contributed by atoms with Crippen molar-refractivity contribution in [1.82, 2.24) is 4.31 Å². The van der Waals surface area contributed by atoms with Crippen LogP contribution in [0.25, 0.3) is 0 Å². The molecule has 9 heteroatoms. The third-order valence-electron chi connectivity index (χ3n) is 2.29. The summed E-state index contributed by atoms with van der Waals surface area (Å²) in [6.45, 7) is -1.29. The maximum atomic E-state index is 13.6. The minimum atomic E-state index is -4.46. The average molecular weight is 297 g/mol. The van der Waals surface area contributed by atoms with Gasteiger partial charge < -0.3 is 5.11 Å². The molecule has 0 aliphatic carbocycles. The predicted octanol–water partition coefficient (Wildman–Crippen LogP) is 0.562. The number of hydrogen-bond donors (Lipinski definition) is 1. The van der Waals surface area contributed by atoms with Gasteiger partial charge in [0, 0.05) is 0 Å². The largest absolute Gasteiger partial charge is 0.478 e. The van der Waals surface area contributed by atoms with Crippen LogP contribution in [0, 0.1) is 28.5 Å². The van der Waals surface area contributed by atoms with Crippen LogP contribution < -0.4 is 0 Å². The van der Waals surface area contributed by atoms with E-state index in [0.29, 0.717) is 16.4 Å². The number of nitriles is 2. The second-order valence-corrected chi connectivity index (χ2v) is 5.45. The Morgan fingerprint density at radius 2 is 1.85 bits per heavy atom. The summed E-state index contributed by atoms with van der Waals surface area (Å²) in [5.74, 6) is -2.58. The van der Waals surface area contributed by atoms with Crippen molar-refractivity contribution in [3.05, 3.63) is 29.6 Å². The van der Waals surface area contributed by atoms with E-state index in [4.69, 9.17) is 15.6 Å². The van der Waals surface area contributed by atoms with E-state index in [0.717, 1.165) is 6.07 Å². The molecule has 0 atom stereocenters. The Balaban J connectivity index is 3.41. The topological polar surface area (TPSA) is 122 Å². The highest BCUT2D eigenvalue weighted by atomic mass is 32.2. The maximum absolute atomic E-state index is 13.6. The van der Waals surface area contributed by atoms with Crippen LogP contribution in [0.5, 0.6) is 0 Å². The Labute approximate surface area is 114 Å². The predicted molar refractivity (Wildman–Crippen MR) is 63.3 cm³/mol. The highest BCUT2D eigenvalue weighted by Crippen LogP contribution is 2.20. The third-order valence-corrected chi connectivity index (χ3v) is 4.10. The number of rotatable bonds is 5. The highest BCUT2D eigenvalue weighted by molar-refractivity contribution is 7.89. The molecule has 1 N–H and O–H groups in total. The Morgan fingerprint density at radius 1 is 1.30 bits per heavy atom. The van der Waals surface area contributed by atoms with Gasteiger partial charge in [-0.25, -0.2) is 17.6 Å². The van der Waals surface area contributed by atoms with Crippen molar-refractivity contribution in [3.8, 4) is 12.1 Å². The van der Waals surface area contributed by atoms with Gasteiger partial charge in [-0.2, -0.15) is 14.8 Å². The van der Waals surface area contributed by atoms with E-state index >= 15 is 0 Å². The molecule has 1 rings (SSSR count). The van der Waals surface area contributed by atoms with E-state index in [1.54, 1.807) is 12.1 Å². The van der Waals surface area contributed by atoms with Gasteiger partial charge in [-0.3, -0.25) is 0 Å². The molecule has 0 unspecified atom stereocenters. The number of benzene rings is 1. The summed E-state index contributed by atoms with van der Waals surface area (Å²) in [5.41, 5.74) is -0.418. The SMILES string of the molecule is N#CCN(CC#N)S(=O)(=O)c1cc(C(=O)O)ccc1F. The normalized spacial score (nSPS) is 10.8. The fourth-order valence-electron chi connectivity index (χ4n) is 1.36. The number of halogens is 1. The Hall–Kier alpha value is -2.49. The quantitative estimate of drug-likeness (QED) is 0.792. The fourth-order valence-corrected chi connectivity index (χ4v) is 2.68. The first-order valence-corrected chi connectivity index (χ1v) is 6.55. The summed E-state index contributed by atoms with van der Waals surface area (Å²) in [5, 5.41) is 25.8. The zero-order chi connectivity index (χ0) is 15.3. The van der Waals surface area contributed by atoms with Gasteiger partial charge in [-0.05, 0) is 18.2 Å². The Kier molecular flexibility index (Phi) is 4.75. The van der Waals surface area contributed by atoms with Crippen molar-refractivity contribution < 1.29 is 22.7 Å². The monoisotopic (exact) mass is 297 g/mol. The molecule has 0 bridgehead atoms. The number of carboxylic acid groups (broad SMARTS) is 1. The first kappa shape index (κ1) is 15.6.